The normalized spacial score (nSPS) is 9.93. The van der Waals surface area contributed by atoms with Gasteiger partial charge >= 0.3 is 0 Å². The average Bonchev–Trinajstić information content (AvgIpc) is 2.16. The molecule has 0 aromatic heterocycles. The average molecular weight is 185 g/mol. The van der Waals surface area contributed by atoms with E-state index in [1.54, 1.807) is 0 Å². The van der Waals surface area contributed by atoms with Crippen LogP contribution >= 0.6 is 0 Å². The molecule has 1 aromatic rings. The summed E-state index contributed by atoms with van der Waals surface area (Å²) in [6, 6.07) is 7.95. The molecule has 0 aliphatic heterocycles. The highest BCUT2D eigenvalue weighted by Gasteiger charge is 2.07. The number of benzene rings is 1. The van der Waals surface area contributed by atoms with Crippen molar-refractivity contribution in [2.45, 2.75) is 26.7 Å². The first-order valence-corrected chi connectivity index (χ1v) is 4.76. The molecule has 0 radical (unpaired) electrons. The number of hydrogen-bond donors (Lipinski definition) is 0. The number of rotatable bonds is 2. The van der Waals surface area contributed by atoms with Gasteiger partial charge in [-0.25, -0.2) is 0 Å². The molecule has 0 bridgehead atoms. The molecule has 72 valence electrons. The van der Waals surface area contributed by atoms with Gasteiger partial charge in [0.2, 0.25) is 0 Å². The fourth-order valence-electron chi connectivity index (χ4n) is 1.50. The molecule has 0 atom stereocenters. The molecule has 0 spiro atoms. The predicted molar refractivity (Wildman–Crippen MR) is 60.0 cm³/mol. The van der Waals surface area contributed by atoms with Crippen LogP contribution in [-0.4, -0.2) is 0 Å². The van der Waals surface area contributed by atoms with Crippen molar-refractivity contribution in [1.82, 2.24) is 0 Å². The summed E-state index contributed by atoms with van der Waals surface area (Å²) in [6.45, 7) is 10.2. The minimum absolute atomic E-state index is 0.467. The maximum atomic E-state index is 8.79. The molecule has 0 fully saturated rings. The molecule has 0 aliphatic rings. The standard InChI is InChI=1S/C13H15N/c1-9(2)12-6-5-11(8-14)7-13(12)10(3)4/h5-7,9H,3H2,1-2,4H3. The summed E-state index contributed by atoms with van der Waals surface area (Å²) in [5.41, 5.74) is 4.09. The molecular formula is C13H15N. The molecule has 0 saturated heterocycles. The summed E-state index contributed by atoms with van der Waals surface area (Å²) >= 11 is 0. The van der Waals surface area contributed by atoms with Crippen LogP contribution in [0.3, 0.4) is 0 Å². The first-order chi connectivity index (χ1) is 6.56. The Hall–Kier alpha value is -1.55. The summed E-state index contributed by atoms with van der Waals surface area (Å²) in [7, 11) is 0. The molecule has 0 saturated carbocycles. The summed E-state index contributed by atoms with van der Waals surface area (Å²) in [6.07, 6.45) is 0. The van der Waals surface area contributed by atoms with E-state index in [0.717, 1.165) is 11.1 Å². The fourth-order valence-corrected chi connectivity index (χ4v) is 1.50. The van der Waals surface area contributed by atoms with Crippen LogP contribution in [0.4, 0.5) is 0 Å². The Morgan fingerprint density at radius 3 is 2.50 bits per heavy atom. The zero-order valence-electron chi connectivity index (χ0n) is 8.96. The van der Waals surface area contributed by atoms with Crippen molar-refractivity contribution in [3.05, 3.63) is 41.5 Å². The van der Waals surface area contributed by atoms with Crippen LogP contribution in [0.1, 0.15) is 43.4 Å². The maximum Gasteiger partial charge on any atom is 0.0991 e. The Bertz CT molecular complexity index is 394. The summed E-state index contributed by atoms with van der Waals surface area (Å²) in [5, 5.41) is 8.79. The zero-order chi connectivity index (χ0) is 10.7. The van der Waals surface area contributed by atoms with Gasteiger partial charge in [-0.2, -0.15) is 5.26 Å². The van der Waals surface area contributed by atoms with Crippen LogP contribution in [0.2, 0.25) is 0 Å². The highest BCUT2D eigenvalue weighted by Crippen LogP contribution is 2.25. The van der Waals surface area contributed by atoms with E-state index >= 15 is 0 Å². The van der Waals surface area contributed by atoms with E-state index in [1.165, 1.54) is 5.56 Å². The van der Waals surface area contributed by atoms with Gasteiger partial charge in [0.15, 0.2) is 0 Å². The molecule has 1 rings (SSSR count). The summed E-state index contributed by atoms with van der Waals surface area (Å²) in [5.74, 6) is 0.467. The Labute approximate surface area is 85.7 Å². The van der Waals surface area contributed by atoms with Crippen molar-refractivity contribution in [1.29, 1.82) is 5.26 Å². The zero-order valence-corrected chi connectivity index (χ0v) is 8.96. The van der Waals surface area contributed by atoms with Gasteiger partial charge < -0.3 is 0 Å². The van der Waals surface area contributed by atoms with Crippen molar-refractivity contribution in [2.24, 2.45) is 0 Å². The topological polar surface area (TPSA) is 23.8 Å². The summed E-state index contributed by atoms with van der Waals surface area (Å²) < 4.78 is 0. The van der Waals surface area contributed by atoms with E-state index in [2.05, 4.69) is 26.5 Å². The third-order valence-electron chi connectivity index (χ3n) is 2.26. The van der Waals surface area contributed by atoms with E-state index in [0.29, 0.717) is 11.5 Å². The lowest BCUT2D eigenvalue weighted by atomic mass is 9.92. The van der Waals surface area contributed by atoms with E-state index in [1.807, 2.05) is 25.1 Å². The second-order valence-corrected chi connectivity index (χ2v) is 3.85. The number of allylic oxidation sites excluding steroid dienone is 1. The van der Waals surface area contributed by atoms with Crippen LogP contribution in [0.5, 0.6) is 0 Å². The Balaban J connectivity index is 3.33. The van der Waals surface area contributed by atoms with Crippen LogP contribution in [-0.2, 0) is 0 Å². The quantitative estimate of drug-likeness (QED) is 0.689. The lowest BCUT2D eigenvalue weighted by Crippen LogP contribution is -1.94. The van der Waals surface area contributed by atoms with Gasteiger partial charge in [-0.05, 0) is 36.1 Å². The van der Waals surface area contributed by atoms with E-state index in [4.69, 9.17) is 5.26 Å². The van der Waals surface area contributed by atoms with Gasteiger partial charge in [-0.3, -0.25) is 0 Å². The van der Waals surface area contributed by atoms with Gasteiger partial charge in [0.25, 0.3) is 0 Å². The van der Waals surface area contributed by atoms with E-state index in [-0.39, 0.29) is 0 Å². The molecule has 14 heavy (non-hydrogen) atoms. The Kier molecular flexibility index (Phi) is 3.09. The number of nitrogens with zero attached hydrogens (tertiary/aromatic N) is 1. The lowest BCUT2D eigenvalue weighted by Gasteiger charge is -2.12. The van der Waals surface area contributed by atoms with Gasteiger partial charge in [0, 0.05) is 0 Å². The molecule has 0 aliphatic carbocycles. The minimum atomic E-state index is 0.467. The second-order valence-electron chi connectivity index (χ2n) is 3.85. The van der Waals surface area contributed by atoms with Gasteiger partial charge in [0.05, 0.1) is 11.6 Å². The minimum Gasteiger partial charge on any atom is -0.192 e. The Morgan fingerprint density at radius 2 is 2.07 bits per heavy atom. The molecule has 1 heteroatoms. The van der Waals surface area contributed by atoms with Crippen LogP contribution in [0.15, 0.2) is 24.8 Å². The van der Waals surface area contributed by atoms with Gasteiger partial charge in [0.1, 0.15) is 0 Å². The number of hydrogen-bond acceptors (Lipinski definition) is 1. The van der Waals surface area contributed by atoms with Crippen molar-refractivity contribution >= 4 is 5.57 Å². The molecule has 1 nitrogen and oxygen atoms in total. The lowest BCUT2D eigenvalue weighted by molar-refractivity contribution is 0.862. The summed E-state index contributed by atoms with van der Waals surface area (Å²) in [4.78, 5) is 0. The predicted octanol–water partition coefficient (Wildman–Crippen LogP) is 3.71. The second kappa shape index (κ2) is 4.11. The first kappa shape index (κ1) is 10.5. The smallest absolute Gasteiger partial charge is 0.0991 e. The van der Waals surface area contributed by atoms with Crippen LogP contribution in [0.25, 0.3) is 5.57 Å². The van der Waals surface area contributed by atoms with Gasteiger partial charge in [-0.15, -0.1) is 0 Å². The monoisotopic (exact) mass is 185 g/mol. The maximum absolute atomic E-state index is 8.79. The van der Waals surface area contributed by atoms with E-state index < -0.39 is 0 Å². The SMILES string of the molecule is C=C(C)c1cc(C#N)ccc1C(C)C. The van der Waals surface area contributed by atoms with Gasteiger partial charge in [-0.1, -0.05) is 32.1 Å². The molecule has 0 N–H and O–H groups in total. The fraction of sp³-hybridized carbons (Fsp3) is 0.308. The largest absolute Gasteiger partial charge is 0.192 e. The third-order valence-corrected chi connectivity index (χ3v) is 2.26. The third kappa shape index (κ3) is 2.03. The highest BCUT2D eigenvalue weighted by molar-refractivity contribution is 5.66. The molecular weight excluding hydrogens is 170 g/mol. The molecule has 0 amide bonds. The highest BCUT2D eigenvalue weighted by atomic mass is 14.2. The van der Waals surface area contributed by atoms with E-state index in [9.17, 15) is 0 Å². The van der Waals surface area contributed by atoms with Crippen LogP contribution < -0.4 is 0 Å². The first-order valence-electron chi connectivity index (χ1n) is 4.76. The van der Waals surface area contributed by atoms with Crippen LogP contribution in [0, 0.1) is 11.3 Å². The number of nitriles is 1. The molecule has 0 unspecified atom stereocenters. The van der Waals surface area contributed by atoms with Crippen molar-refractivity contribution in [3.63, 3.8) is 0 Å². The van der Waals surface area contributed by atoms with Crippen molar-refractivity contribution < 1.29 is 0 Å². The molecule has 1 aromatic carbocycles. The van der Waals surface area contributed by atoms with Crippen molar-refractivity contribution in [3.8, 4) is 6.07 Å². The van der Waals surface area contributed by atoms with Crippen molar-refractivity contribution in [2.75, 3.05) is 0 Å². The Morgan fingerprint density at radius 1 is 1.43 bits per heavy atom. The molecule has 0 heterocycles.